The number of fused-ring (bicyclic) bond motifs is 1. The number of nitrogen functional groups attached to an aromatic ring is 1. The molecule has 0 atom stereocenters. The number of hydrogen-bond donors (Lipinski definition) is 2. The summed E-state index contributed by atoms with van der Waals surface area (Å²) in [6.07, 6.45) is 5.97. The van der Waals surface area contributed by atoms with Gasteiger partial charge in [0.1, 0.15) is 11.9 Å². The van der Waals surface area contributed by atoms with E-state index in [0.717, 1.165) is 38.9 Å². The number of anilines is 1. The summed E-state index contributed by atoms with van der Waals surface area (Å²) in [5, 5.41) is 10.6. The molecular weight excluding hydrogens is 344 g/mol. The van der Waals surface area contributed by atoms with Gasteiger partial charge in [0.15, 0.2) is 0 Å². The molecule has 136 valence electrons. The Morgan fingerprint density at radius 2 is 1.82 bits per heavy atom. The fourth-order valence-electron chi connectivity index (χ4n) is 3.36. The predicted molar refractivity (Wildman–Crippen MR) is 116 cm³/mol. The van der Waals surface area contributed by atoms with Gasteiger partial charge in [0.25, 0.3) is 0 Å². The molecule has 0 bridgehead atoms. The molecule has 4 rings (SSSR count). The molecule has 2 aromatic heterocycles. The van der Waals surface area contributed by atoms with Crippen molar-refractivity contribution in [2.75, 3.05) is 5.73 Å². The van der Waals surface area contributed by atoms with Crippen LogP contribution in [0.1, 0.15) is 27.8 Å². The number of nitrogens with zero attached hydrogens (tertiary/aromatic N) is 2. The molecule has 2 aromatic carbocycles. The van der Waals surface area contributed by atoms with Gasteiger partial charge < -0.3 is 10.7 Å². The number of benzene rings is 2. The van der Waals surface area contributed by atoms with Gasteiger partial charge in [0, 0.05) is 28.2 Å². The third kappa shape index (κ3) is 3.15. The number of nitrogens with one attached hydrogen (secondary N) is 1. The van der Waals surface area contributed by atoms with E-state index in [1.807, 2.05) is 43.5 Å². The Hall–Kier alpha value is -3.84. The summed E-state index contributed by atoms with van der Waals surface area (Å²) < 4.78 is 0. The Morgan fingerprint density at radius 1 is 1.04 bits per heavy atom. The number of rotatable bonds is 3. The van der Waals surface area contributed by atoms with E-state index in [9.17, 15) is 5.26 Å². The zero-order valence-electron chi connectivity index (χ0n) is 15.8. The van der Waals surface area contributed by atoms with Crippen molar-refractivity contribution in [2.45, 2.75) is 13.8 Å². The summed E-state index contributed by atoms with van der Waals surface area (Å²) in [6.45, 7) is 3.99. The molecular formula is C24H20N4. The quantitative estimate of drug-likeness (QED) is 0.506. The highest BCUT2D eigenvalue weighted by atomic mass is 14.9. The van der Waals surface area contributed by atoms with Gasteiger partial charge in [0.2, 0.25) is 0 Å². The first kappa shape index (κ1) is 17.6. The Labute approximate surface area is 164 Å². The van der Waals surface area contributed by atoms with Crippen molar-refractivity contribution >= 4 is 28.9 Å². The molecule has 0 saturated carbocycles. The second-order valence-electron chi connectivity index (χ2n) is 6.89. The Morgan fingerprint density at radius 3 is 2.57 bits per heavy atom. The minimum Gasteiger partial charge on any atom is -0.383 e. The van der Waals surface area contributed by atoms with Gasteiger partial charge in [-0.3, -0.25) is 0 Å². The van der Waals surface area contributed by atoms with Crippen LogP contribution in [0.15, 0.2) is 54.7 Å². The van der Waals surface area contributed by atoms with Crippen LogP contribution < -0.4 is 5.73 Å². The molecule has 0 aliphatic rings. The maximum absolute atomic E-state index is 9.52. The zero-order valence-corrected chi connectivity index (χ0v) is 15.8. The lowest BCUT2D eigenvalue weighted by Crippen LogP contribution is -2.03. The van der Waals surface area contributed by atoms with Crippen molar-refractivity contribution in [2.24, 2.45) is 0 Å². The average Bonchev–Trinajstić information content (AvgIpc) is 3.16. The monoisotopic (exact) mass is 364 g/mol. The molecule has 0 radical (unpaired) electrons. The van der Waals surface area contributed by atoms with Gasteiger partial charge in [0.05, 0.1) is 11.3 Å². The summed E-state index contributed by atoms with van der Waals surface area (Å²) >= 11 is 0. The zero-order chi connectivity index (χ0) is 19.7. The Balaban J connectivity index is 1.89. The van der Waals surface area contributed by atoms with Crippen molar-refractivity contribution in [1.29, 1.82) is 5.26 Å². The smallest absolute Gasteiger partial charge is 0.142 e. The van der Waals surface area contributed by atoms with Crippen LogP contribution >= 0.6 is 0 Å². The molecule has 0 fully saturated rings. The molecule has 0 spiro atoms. The molecule has 28 heavy (non-hydrogen) atoms. The highest BCUT2D eigenvalue weighted by Gasteiger charge is 2.15. The third-order valence-electron chi connectivity index (χ3n) is 4.98. The van der Waals surface area contributed by atoms with E-state index in [4.69, 9.17) is 5.73 Å². The fourth-order valence-corrected chi connectivity index (χ4v) is 3.36. The van der Waals surface area contributed by atoms with Gasteiger partial charge in [-0.1, -0.05) is 48.0 Å². The molecule has 2 heterocycles. The van der Waals surface area contributed by atoms with Crippen molar-refractivity contribution in [3.05, 3.63) is 82.5 Å². The standard InChI is InChI=1S/C24H20N4/c1-15-3-5-17(6-4-15)7-9-20-16(2)21(14-25)24(26)28-23(20)19-8-10-22-18(13-19)11-12-27-22/h3-13,27H,1-2H3,(H2,26,28). The summed E-state index contributed by atoms with van der Waals surface area (Å²) in [4.78, 5) is 7.79. The predicted octanol–water partition coefficient (Wildman–Crippen LogP) is 5.47. The molecule has 0 aliphatic carbocycles. The number of nitrogens with two attached hydrogens (primary N) is 1. The lowest BCUT2D eigenvalue weighted by Gasteiger charge is -2.13. The number of aryl methyl sites for hydroxylation is 1. The number of aromatic nitrogens is 2. The van der Waals surface area contributed by atoms with Crippen molar-refractivity contribution < 1.29 is 0 Å². The Bertz CT molecular complexity index is 1240. The van der Waals surface area contributed by atoms with Crippen LogP contribution in [0.4, 0.5) is 5.82 Å². The number of aromatic amines is 1. The van der Waals surface area contributed by atoms with Crippen LogP contribution in [0.5, 0.6) is 0 Å². The molecule has 0 aliphatic heterocycles. The lowest BCUT2D eigenvalue weighted by atomic mass is 9.96. The molecule has 0 saturated heterocycles. The van der Waals surface area contributed by atoms with E-state index >= 15 is 0 Å². The minimum absolute atomic E-state index is 0.261. The number of hydrogen-bond acceptors (Lipinski definition) is 3. The first-order chi connectivity index (χ1) is 13.6. The minimum atomic E-state index is 0.261. The van der Waals surface area contributed by atoms with Crippen molar-refractivity contribution in [3.63, 3.8) is 0 Å². The molecule has 4 heteroatoms. The number of nitriles is 1. The highest BCUT2D eigenvalue weighted by Crippen LogP contribution is 2.32. The van der Waals surface area contributed by atoms with Gasteiger partial charge in [-0.2, -0.15) is 5.26 Å². The molecule has 0 amide bonds. The number of H-pyrrole nitrogens is 1. The topological polar surface area (TPSA) is 78.5 Å². The number of pyridine rings is 1. The van der Waals surface area contributed by atoms with Crippen molar-refractivity contribution in [1.82, 2.24) is 9.97 Å². The summed E-state index contributed by atoms with van der Waals surface area (Å²) in [5.41, 5.74) is 13.4. The van der Waals surface area contributed by atoms with Crippen LogP contribution in [0, 0.1) is 25.2 Å². The van der Waals surface area contributed by atoms with Gasteiger partial charge in [-0.25, -0.2) is 4.98 Å². The van der Waals surface area contributed by atoms with Gasteiger partial charge in [-0.05, 0) is 43.2 Å². The van der Waals surface area contributed by atoms with Crippen molar-refractivity contribution in [3.8, 4) is 17.3 Å². The molecule has 4 nitrogen and oxygen atoms in total. The summed E-state index contributed by atoms with van der Waals surface area (Å²) in [7, 11) is 0. The van der Waals surface area contributed by atoms with E-state index in [0.29, 0.717) is 5.56 Å². The van der Waals surface area contributed by atoms with Crippen LogP contribution in [0.25, 0.3) is 34.3 Å². The molecule has 3 N–H and O–H groups in total. The van der Waals surface area contributed by atoms with Crippen LogP contribution in [-0.4, -0.2) is 9.97 Å². The maximum atomic E-state index is 9.52. The fraction of sp³-hybridized carbons (Fsp3) is 0.0833. The van der Waals surface area contributed by atoms with E-state index < -0.39 is 0 Å². The normalized spacial score (nSPS) is 11.2. The van der Waals surface area contributed by atoms with Gasteiger partial charge >= 0.3 is 0 Å². The summed E-state index contributed by atoms with van der Waals surface area (Å²) in [6, 6.07) is 18.7. The highest BCUT2D eigenvalue weighted by molar-refractivity contribution is 5.89. The van der Waals surface area contributed by atoms with E-state index in [1.165, 1.54) is 5.56 Å². The second kappa shape index (κ2) is 7.05. The van der Waals surface area contributed by atoms with Crippen LogP contribution in [0.2, 0.25) is 0 Å². The Kier molecular flexibility index (Phi) is 4.42. The lowest BCUT2D eigenvalue weighted by molar-refractivity contribution is 1.25. The van der Waals surface area contributed by atoms with E-state index in [2.05, 4.69) is 53.3 Å². The summed E-state index contributed by atoms with van der Waals surface area (Å²) in [5.74, 6) is 0.261. The first-order valence-corrected chi connectivity index (χ1v) is 9.09. The average molecular weight is 364 g/mol. The largest absolute Gasteiger partial charge is 0.383 e. The van der Waals surface area contributed by atoms with E-state index in [1.54, 1.807) is 0 Å². The third-order valence-corrected chi connectivity index (χ3v) is 4.98. The van der Waals surface area contributed by atoms with E-state index in [-0.39, 0.29) is 5.82 Å². The van der Waals surface area contributed by atoms with Gasteiger partial charge in [-0.15, -0.1) is 0 Å². The second-order valence-corrected chi connectivity index (χ2v) is 6.89. The maximum Gasteiger partial charge on any atom is 0.142 e. The molecule has 4 aromatic rings. The van der Waals surface area contributed by atoms with Crippen LogP contribution in [-0.2, 0) is 0 Å². The SMILES string of the molecule is Cc1ccc(C=Cc2c(-c3ccc4[nH]ccc4c3)nc(N)c(C#N)c2C)cc1. The molecule has 0 unspecified atom stereocenters. The van der Waals surface area contributed by atoms with Crippen LogP contribution in [0.3, 0.4) is 0 Å². The first-order valence-electron chi connectivity index (χ1n) is 9.09.